The Morgan fingerprint density at radius 3 is 2.46 bits per heavy atom. The Labute approximate surface area is 237 Å². The van der Waals surface area contributed by atoms with Crippen LogP contribution in [0.1, 0.15) is 62.2 Å². The number of hydrogen-bond donors (Lipinski definition) is 4. The lowest BCUT2D eigenvalue weighted by Crippen LogP contribution is -2.44. The molecule has 0 spiro atoms. The van der Waals surface area contributed by atoms with E-state index in [0.29, 0.717) is 12.0 Å². The van der Waals surface area contributed by atoms with Crippen molar-refractivity contribution in [3.63, 3.8) is 0 Å². The Balaban J connectivity index is 1.46. The van der Waals surface area contributed by atoms with Gasteiger partial charge >= 0.3 is 22.2 Å². The first-order valence-electron chi connectivity index (χ1n) is 12.6. The van der Waals surface area contributed by atoms with Crippen LogP contribution in [0.5, 0.6) is 0 Å². The third-order valence-electron chi connectivity index (χ3n) is 5.73. The summed E-state index contributed by atoms with van der Waals surface area (Å²) in [5.41, 5.74) is 15.2. The van der Waals surface area contributed by atoms with E-state index in [1.54, 1.807) is 45.0 Å². The third-order valence-corrected chi connectivity index (χ3v) is 7.20. The number of hydrogen-bond acceptors (Lipinski definition) is 12. The molecule has 1 fully saturated rings. The zero-order valence-corrected chi connectivity index (χ0v) is 24.1. The fourth-order valence-corrected chi connectivity index (χ4v) is 5.04. The van der Waals surface area contributed by atoms with Gasteiger partial charge in [0.25, 0.3) is 0 Å². The number of amidine groups is 1. The smallest absolute Gasteiger partial charge is 0.436 e. The van der Waals surface area contributed by atoms with Gasteiger partial charge in [-0.1, -0.05) is 29.4 Å². The summed E-state index contributed by atoms with van der Waals surface area (Å²) in [6.07, 6.45) is -0.860. The van der Waals surface area contributed by atoms with E-state index in [4.69, 9.17) is 25.6 Å². The molecule has 224 valence electrons. The topological polar surface area (TPSA) is 228 Å². The van der Waals surface area contributed by atoms with Gasteiger partial charge in [0, 0.05) is 12.1 Å². The van der Waals surface area contributed by atoms with Crippen molar-refractivity contribution >= 4 is 33.9 Å². The van der Waals surface area contributed by atoms with Crippen molar-refractivity contribution < 1.29 is 41.1 Å². The number of hydroxylamine groups is 1. The van der Waals surface area contributed by atoms with Crippen LogP contribution in [0.3, 0.4) is 0 Å². The number of nitrogens with two attached hydrogens (primary N) is 2. The minimum absolute atomic E-state index is 0.0133. The number of aryl methyl sites for hydroxylation is 2. The molecular formula is C25H34N6O9S. The second kappa shape index (κ2) is 12.8. The average molecular weight is 595 g/mol. The standard InChI is InChI=1S/C25H34N6O9S/c1-13-21(14(2)38-30-13)41(35,36)40-23(33)18(26)12-28-20(32)11-17-10-19(31-39-17)15-6-8-16(9-7-15)22(27)29-24(34)37-25(3,4)5/h6-9,17-19,31H,10-12,26H2,1-5H3,(H,28,32)(H2,27,29,34)/t17-,18+,19+/m1/s1. The van der Waals surface area contributed by atoms with Crippen molar-refractivity contribution in [2.75, 3.05) is 6.54 Å². The van der Waals surface area contributed by atoms with E-state index in [2.05, 4.69) is 25.1 Å². The molecule has 2 aromatic rings. The number of carbonyl (C=O) groups excluding carboxylic acids is 3. The summed E-state index contributed by atoms with van der Waals surface area (Å²) in [6.45, 7) is 7.57. The average Bonchev–Trinajstić information content (AvgIpc) is 3.47. The second-order valence-corrected chi connectivity index (χ2v) is 11.9. The molecule has 3 atom stereocenters. The zero-order valence-electron chi connectivity index (χ0n) is 23.3. The van der Waals surface area contributed by atoms with Gasteiger partial charge in [-0.3, -0.25) is 9.63 Å². The van der Waals surface area contributed by atoms with Crippen molar-refractivity contribution in [1.82, 2.24) is 16.0 Å². The maximum Gasteiger partial charge on any atom is 0.436 e. The molecular weight excluding hydrogens is 560 g/mol. The molecule has 0 aliphatic carbocycles. The molecule has 0 bridgehead atoms. The van der Waals surface area contributed by atoms with Crippen molar-refractivity contribution in [1.29, 1.82) is 0 Å². The van der Waals surface area contributed by atoms with Gasteiger partial charge in [0.2, 0.25) is 5.91 Å². The lowest BCUT2D eigenvalue weighted by molar-refractivity contribution is -0.135. The highest BCUT2D eigenvalue weighted by atomic mass is 32.2. The fraction of sp³-hybridized carbons (Fsp3) is 0.480. The normalized spacial score (nSPS) is 18.5. The fourth-order valence-electron chi connectivity index (χ4n) is 3.83. The summed E-state index contributed by atoms with van der Waals surface area (Å²) in [4.78, 5) is 45.4. The highest BCUT2D eigenvalue weighted by molar-refractivity contribution is 7.87. The van der Waals surface area contributed by atoms with E-state index < -0.39 is 45.8 Å². The summed E-state index contributed by atoms with van der Waals surface area (Å²) in [5, 5.41) is 6.00. The molecule has 0 radical (unpaired) electrons. The molecule has 3 rings (SSSR count). The number of nitrogens with one attached hydrogen (secondary N) is 2. The molecule has 1 aliphatic heterocycles. The zero-order chi connectivity index (χ0) is 30.5. The van der Waals surface area contributed by atoms with E-state index in [0.717, 1.165) is 5.56 Å². The van der Waals surface area contributed by atoms with Gasteiger partial charge in [-0.05, 0) is 46.6 Å². The molecule has 6 N–H and O–H groups in total. The Morgan fingerprint density at radius 2 is 1.88 bits per heavy atom. The number of aromatic nitrogens is 1. The van der Waals surface area contributed by atoms with Crippen LogP contribution in [0.2, 0.25) is 0 Å². The van der Waals surface area contributed by atoms with Gasteiger partial charge in [-0.15, -0.1) is 0 Å². The Hall–Kier alpha value is -3.86. The Bertz CT molecular complexity index is 1390. The summed E-state index contributed by atoms with van der Waals surface area (Å²) in [5.74, 6) is -1.73. The van der Waals surface area contributed by atoms with Crippen LogP contribution >= 0.6 is 0 Å². The maximum atomic E-state index is 12.4. The van der Waals surface area contributed by atoms with E-state index in [1.165, 1.54) is 13.8 Å². The lowest BCUT2D eigenvalue weighted by atomic mass is 9.99. The number of nitrogens with zero attached hydrogens (tertiary/aromatic N) is 2. The summed E-state index contributed by atoms with van der Waals surface area (Å²) >= 11 is 0. The van der Waals surface area contributed by atoms with Crippen molar-refractivity contribution in [3.05, 3.63) is 46.8 Å². The van der Waals surface area contributed by atoms with Gasteiger partial charge in [0.15, 0.2) is 10.7 Å². The molecule has 0 unspecified atom stereocenters. The minimum Gasteiger partial charge on any atom is -0.442 e. The third kappa shape index (κ3) is 8.81. The minimum atomic E-state index is -4.49. The summed E-state index contributed by atoms with van der Waals surface area (Å²) < 4.78 is 39.2. The number of aliphatic imine (C=N–C) groups is 1. The number of ether oxygens (including phenoxy) is 1. The van der Waals surface area contributed by atoms with Gasteiger partial charge < -0.3 is 30.2 Å². The molecule has 0 saturated carbocycles. The number of carbonyl (C=O) groups is 3. The largest absolute Gasteiger partial charge is 0.442 e. The summed E-state index contributed by atoms with van der Waals surface area (Å²) in [6, 6.07) is 5.32. The number of rotatable bonds is 9. The molecule has 1 aliphatic rings. The monoisotopic (exact) mass is 594 g/mol. The van der Waals surface area contributed by atoms with E-state index >= 15 is 0 Å². The van der Waals surface area contributed by atoms with Crippen LogP contribution in [0.4, 0.5) is 4.79 Å². The number of amides is 2. The van der Waals surface area contributed by atoms with Gasteiger partial charge in [0.05, 0.1) is 18.6 Å². The van der Waals surface area contributed by atoms with Crippen molar-refractivity contribution in [2.45, 2.75) is 76.1 Å². The molecule has 2 heterocycles. The Morgan fingerprint density at radius 1 is 1.22 bits per heavy atom. The highest BCUT2D eigenvalue weighted by Crippen LogP contribution is 2.27. The first kappa shape index (κ1) is 31.7. The van der Waals surface area contributed by atoms with E-state index in [9.17, 15) is 22.8 Å². The van der Waals surface area contributed by atoms with Gasteiger partial charge in [-0.2, -0.15) is 18.9 Å². The molecule has 1 saturated heterocycles. The molecule has 15 nitrogen and oxygen atoms in total. The first-order chi connectivity index (χ1) is 19.1. The molecule has 1 aromatic heterocycles. The van der Waals surface area contributed by atoms with E-state index in [-0.39, 0.29) is 41.2 Å². The first-order valence-corrected chi connectivity index (χ1v) is 14.0. The van der Waals surface area contributed by atoms with Crippen LogP contribution in [0, 0.1) is 13.8 Å². The molecule has 16 heteroatoms. The number of benzene rings is 1. The highest BCUT2D eigenvalue weighted by Gasteiger charge is 2.32. The van der Waals surface area contributed by atoms with Crippen LogP contribution in [-0.4, -0.2) is 61.7 Å². The van der Waals surface area contributed by atoms with Crippen LogP contribution < -0.4 is 22.3 Å². The van der Waals surface area contributed by atoms with Crippen molar-refractivity contribution in [2.24, 2.45) is 16.5 Å². The van der Waals surface area contributed by atoms with Crippen LogP contribution in [0.15, 0.2) is 38.7 Å². The second-order valence-electron chi connectivity index (χ2n) is 10.4. The molecule has 2 amide bonds. The predicted octanol–water partition coefficient (Wildman–Crippen LogP) is 1.03. The predicted molar refractivity (Wildman–Crippen MR) is 144 cm³/mol. The van der Waals surface area contributed by atoms with Gasteiger partial charge in [-0.25, -0.2) is 9.59 Å². The summed E-state index contributed by atoms with van der Waals surface area (Å²) in [7, 11) is -4.49. The molecule has 41 heavy (non-hydrogen) atoms. The van der Waals surface area contributed by atoms with Crippen LogP contribution in [-0.2, 0) is 33.5 Å². The SMILES string of the molecule is Cc1noc(C)c1S(=O)(=O)OC(=O)[C@@H](N)CNC(=O)C[C@H]1C[C@@H](c2ccc(C(N)=NC(=O)OC(C)(C)C)cc2)NO1. The van der Waals surface area contributed by atoms with Crippen molar-refractivity contribution in [3.8, 4) is 0 Å². The van der Waals surface area contributed by atoms with Gasteiger partial charge in [0.1, 0.15) is 23.2 Å². The lowest BCUT2D eigenvalue weighted by Gasteiger charge is -2.17. The Kier molecular flexibility index (Phi) is 9.85. The molecule has 1 aromatic carbocycles. The van der Waals surface area contributed by atoms with E-state index in [1.807, 2.05) is 0 Å². The van der Waals surface area contributed by atoms with Crippen LogP contribution in [0.25, 0.3) is 0 Å². The quantitative estimate of drug-likeness (QED) is 0.181. The maximum absolute atomic E-state index is 12.4.